The van der Waals surface area contributed by atoms with Crippen molar-refractivity contribution in [1.82, 2.24) is 5.32 Å². The maximum Gasteiger partial charge on any atom is 0.161 e. The minimum absolute atomic E-state index is 0.295. The van der Waals surface area contributed by atoms with Gasteiger partial charge in [0.1, 0.15) is 6.61 Å². The highest BCUT2D eigenvalue weighted by Crippen LogP contribution is 2.32. The van der Waals surface area contributed by atoms with Gasteiger partial charge in [0, 0.05) is 0 Å². The van der Waals surface area contributed by atoms with E-state index >= 15 is 0 Å². The number of piperidine rings is 1. The number of phenolic OH excluding ortho intramolecular Hbond substituents is 1. The van der Waals surface area contributed by atoms with Crippen LogP contribution in [0.1, 0.15) is 24.0 Å². The molecular formula is C19H23NO2. The number of phenols is 1. The van der Waals surface area contributed by atoms with Crippen LogP contribution >= 0.6 is 0 Å². The number of nitrogens with one attached hydrogen (secondary N) is 1. The van der Waals surface area contributed by atoms with Crippen LogP contribution in [-0.4, -0.2) is 18.2 Å². The molecule has 1 atom stereocenters. The molecule has 1 heterocycles. The lowest BCUT2D eigenvalue weighted by Gasteiger charge is -2.23. The van der Waals surface area contributed by atoms with Crippen molar-refractivity contribution < 1.29 is 9.84 Å². The third kappa shape index (κ3) is 3.80. The van der Waals surface area contributed by atoms with Crippen LogP contribution in [0.3, 0.4) is 0 Å². The molecule has 1 unspecified atom stereocenters. The Morgan fingerprint density at radius 2 is 1.95 bits per heavy atom. The Hall–Kier alpha value is -2.00. The highest BCUT2D eigenvalue weighted by molar-refractivity contribution is 5.45. The van der Waals surface area contributed by atoms with E-state index in [2.05, 4.69) is 5.32 Å². The monoisotopic (exact) mass is 297 g/mol. The molecule has 0 bridgehead atoms. The van der Waals surface area contributed by atoms with Gasteiger partial charge in [-0.25, -0.2) is 0 Å². The number of rotatable bonds is 5. The van der Waals surface area contributed by atoms with Crippen LogP contribution in [0.2, 0.25) is 0 Å². The molecule has 3 nitrogen and oxygen atoms in total. The summed E-state index contributed by atoms with van der Waals surface area (Å²) in [5, 5.41) is 13.9. The van der Waals surface area contributed by atoms with E-state index in [1.807, 2.05) is 48.5 Å². The van der Waals surface area contributed by atoms with Crippen LogP contribution in [0.25, 0.3) is 0 Å². The topological polar surface area (TPSA) is 41.5 Å². The molecule has 1 aliphatic heterocycles. The smallest absolute Gasteiger partial charge is 0.161 e. The lowest BCUT2D eigenvalue weighted by atomic mass is 9.92. The number of ether oxygens (including phenoxy) is 1. The summed E-state index contributed by atoms with van der Waals surface area (Å²) < 4.78 is 5.79. The SMILES string of the molecule is Oc1c(CC2CCCNC2)cccc1OCc1ccccc1. The van der Waals surface area contributed by atoms with Gasteiger partial charge in [-0.05, 0) is 55.5 Å². The van der Waals surface area contributed by atoms with Gasteiger partial charge in [0.25, 0.3) is 0 Å². The van der Waals surface area contributed by atoms with Gasteiger partial charge >= 0.3 is 0 Å². The molecule has 1 fully saturated rings. The first-order valence-corrected chi connectivity index (χ1v) is 8.01. The Kier molecular flexibility index (Phi) is 4.96. The summed E-state index contributed by atoms with van der Waals surface area (Å²) >= 11 is 0. The summed E-state index contributed by atoms with van der Waals surface area (Å²) in [6, 6.07) is 15.8. The Labute approximate surface area is 131 Å². The standard InChI is InChI=1S/C19H23NO2/c21-19-17(12-16-8-5-11-20-13-16)9-4-10-18(19)22-14-15-6-2-1-3-7-15/h1-4,6-7,9-10,16,20-21H,5,8,11-14H2. The quantitative estimate of drug-likeness (QED) is 0.887. The van der Waals surface area contributed by atoms with Crippen LogP contribution in [0.4, 0.5) is 0 Å². The van der Waals surface area contributed by atoms with Crippen molar-refractivity contribution in [3.63, 3.8) is 0 Å². The molecule has 0 radical (unpaired) electrons. The largest absolute Gasteiger partial charge is 0.504 e. The number of para-hydroxylation sites is 1. The number of hydrogen-bond donors (Lipinski definition) is 2. The van der Waals surface area contributed by atoms with Crippen LogP contribution in [-0.2, 0) is 13.0 Å². The first kappa shape index (κ1) is 14.9. The summed E-state index contributed by atoms with van der Waals surface area (Å²) in [4.78, 5) is 0. The molecule has 0 amide bonds. The molecular weight excluding hydrogens is 274 g/mol. The van der Waals surface area contributed by atoms with E-state index in [1.54, 1.807) is 0 Å². The number of benzene rings is 2. The van der Waals surface area contributed by atoms with Gasteiger partial charge in [-0.3, -0.25) is 0 Å². The van der Waals surface area contributed by atoms with Gasteiger partial charge < -0.3 is 15.2 Å². The zero-order chi connectivity index (χ0) is 15.2. The molecule has 116 valence electrons. The molecule has 3 heteroatoms. The van der Waals surface area contributed by atoms with Crippen molar-refractivity contribution in [2.75, 3.05) is 13.1 Å². The molecule has 2 aromatic carbocycles. The Bertz CT molecular complexity index is 592. The second-order valence-electron chi connectivity index (χ2n) is 5.95. The van der Waals surface area contributed by atoms with Crippen molar-refractivity contribution in [1.29, 1.82) is 0 Å². The zero-order valence-corrected chi connectivity index (χ0v) is 12.8. The van der Waals surface area contributed by atoms with Gasteiger partial charge in [-0.2, -0.15) is 0 Å². The maximum absolute atomic E-state index is 10.5. The van der Waals surface area contributed by atoms with Crippen molar-refractivity contribution in [2.24, 2.45) is 5.92 Å². The van der Waals surface area contributed by atoms with Gasteiger partial charge in [-0.15, -0.1) is 0 Å². The molecule has 0 spiro atoms. The highest BCUT2D eigenvalue weighted by atomic mass is 16.5. The fourth-order valence-corrected chi connectivity index (χ4v) is 2.99. The lowest BCUT2D eigenvalue weighted by Crippen LogP contribution is -2.30. The Balaban J connectivity index is 1.66. The van der Waals surface area contributed by atoms with Crippen molar-refractivity contribution in [3.8, 4) is 11.5 Å². The third-order valence-electron chi connectivity index (χ3n) is 4.23. The molecule has 1 aliphatic rings. The third-order valence-corrected chi connectivity index (χ3v) is 4.23. The zero-order valence-electron chi connectivity index (χ0n) is 12.8. The predicted molar refractivity (Wildman–Crippen MR) is 88.2 cm³/mol. The van der Waals surface area contributed by atoms with E-state index in [4.69, 9.17) is 4.74 Å². The predicted octanol–water partition coefficient (Wildman–Crippen LogP) is 3.51. The summed E-state index contributed by atoms with van der Waals surface area (Å²) in [5.41, 5.74) is 2.09. The molecule has 1 saturated heterocycles. The fourth-order valence-electron chi connectivity index (χ4n) is 2.99. The summed E-state index contributed by atoms with van der Waals surface area (Å²) in [5.74, 6) is 1.47. The van der Waals surface area contributed by atoms with Crippen LogP contribution < -0.4 is 10.1 Å². The molecule has 22 heavy (non-hydrogen) atoms. The van der Waals surface area contributed by atoms with E-state index < -0.39 is 0 Å². The van der Waals surface area contributed by atoms with Gasteiger partial charge in [0.05, 0.1) is 0 Å². The average molecular weight is 297 g/mol. The molecule has 2 N–H and O–H groups in total. The number of aromatic hydroxyl groups is 1. The van der Waals surface area contributed by atoms with Crippen LogP contribution in [0.5, 0.6) is 11.5 Å². The average Bonchev–Trinajstić information content (AvgIpc) is 2.58. The molecule has 3 rings (SSSR count). The lowest BCUT2D eigenvalue weighted by molar-refractivity contribution is 0.286. The van der Waals surface area contributed by atoms with Crippen molar-refractivity contribution >= 4 is 0 Å². The molecule has 0 aliphatic carbocycles. The maximum atomic E-state index is 10.5. The molecule has 2 aromatic rings. The second kappa shape index (κ2) is 7.32. The summed E-state index contributed by atoms with van der Waals surface area (Å²) in [6.45, 7) is 2.63. The van der Waals surface area contributed by atoms with Crippen LogP contribution in [0.15, 0.2) is 48.5 Å². The normalized spacial score (nSPS) is 18.1. The van der Waals surface area contributed by atoms with Crippen molar-refractivity contribution in [2.45, 2.75) is 25.9 Å². The molecule has 0 aromatic heterocycles. The fraction of sp³-hybridized carbons (Fsp3) is 0.368. The van der Waals surface area contributed by atoms with E-state index in [-0.39, 0.29) is 0 Å². The first-order valence-electron chi connectivity index (χ1n) is 8.01. The number of hydrogen-bond acceptors (Lipinski definition) is 3. The van der Waals surface area contributed by atoms with E-state index in [9.17, 15) is 5.11 Å². The van der Waals surface area contributed by atoms with E-state index in [0.717, 1.165) is 30.6 Å². The highest BCUT2D eigenvalue weighted by Gasteiger charge is 2.17. The first-order chi connectivity index (χ1) is 10.8. The summed E-state index contributed by atoms with van der Waals surface area (Å²) in [7, 11) is 0. The van der Waals surface area contributed by atoms with Gasteiger partial charge in [-0.1, -0.05) is 42.5 Å². The van der Waals surface area contributed by atoms with Crippen LogP contribution in [0, 0.1) is 5.92 Å². The Morgan fingerprint density at radius 3 is 2.73 bits per heavy atom. The van der Waals surface area contributed by atoms with E-state index in [1.165, 1.54) is 12.8 Å². The van der Waals surface area contributed by atoms with Crippen molar-refractivity contribution in [3.05, 3.63) is 59.7 Å². The van der Waals surface area contributed by atoms with E-state index in [0.29, 0.717) is 24.0 Å². The minimum Gasteiger partial charge on any atom is -0.504 e. The summed E-state index contributed by atoms with van der Waals surface area (Å²) in [6.07, 6.45) is 3.35. The van der Waals surface area contributed by atoms with Gasteiger partial charge in [0.15, 0.2) is 11.5 Å². The van der Waals surface area contributed by atoms with Gasteiger partial charge in [0.2, 0.25) is 0 Å². The minimum atomic E-state index is 0.295. The molecule has 0 saturated carbocycles. The second-order valence-corrected chi connectivity index (χ2v) is 5.95. The Morgan fingerprint density at radius 1 is 1.09 bits per heavy atom.